The van der Waals surface area contributed by atoms with Crippen LogP contribution in [0.1, 0.15) is 0 Å². The molecule has 1 N–H and O–H groups in total. The Labute approximate surface area is 96.5 Å². The first-order valence-corrected chi connectivity index (χ1v) is 6.29. The van der Waals surface area contributed by atoms with Crippen molar-refractivity contribution in [3.63, 3.8) is 0 Å². The predicted octanol–water partition coefficient (Wildman–Crippen LogP) is 0.243. The fourth-order valence-electron chi connectivity index (χ4n) is 1.04. The first-order valence-electron chi connectivity index (χ1n) is 4.22. The number of aliphatic hydroxyl groups is 1. The zero-order valence-electron chi connectivity index (χ0n) is 8.03. The van der Waals surface area contributed by atoms with Gasteiger partial charge in [0, 0.05) is 0 Å². The summed E-state index contributed by atoms with van der Waals surface area (Å²) in [7, 11) is 0. The number of nitrogens with zero attached hydrogens (tertiary/aromatic N) is 2. The van der Waals surface area contributed by atoms with Gasteiger partial charge in [-0.25, -0.2) is 0 Å². The van der Waals surface area contributed by atoms with E-state index in [1.807, 2.05) is 0 Å². The maximum absolute atomic E-state index is 10.7. The maximum atomic E-state index is 10.7. The summed E-state index contributed by atoms with van der Waals surface area (Å²) in [5.74, 6) is 0. The molecule has 0 radical (unpaired) electrons. The van der Waals surface area contributed by atoms with E-state index in [1.54, 1.807) is 0 Å². The van der Waals surface area contributed by atoms with E-state index in [1.165, 1.54) is 12.1 Å². The summed E-state index contributed by atoms with van der Waals surface area (Å²) >= 11 is -0.244. The van der Waals surface area contributed by atoms with E-state index in [0.717, 1.165) is 6.07 Å². The number of aliphatic hydroxyl groups excluding tert-OH is 1. The van der Waals surface area contributed by atoms with Gasteiger partial charge in [-0.05, 0) is 0 Å². The number of benzene rings is 1. The fourth-order valence-corrected chi connectivity index (χ4v) is 2.63. The molecule has 0 aromatic heterocycles. The third-order valence-corrected chi connectivity index (χ3v) is 3.89. The quantitative estimate of drug-likeness (QED) is 0.475. The van der Waals surface area contributed by atoms with Crippen LogP contribution in [0.25, 0.3) is 0 Å². The normalized spacial score (nSPS) is 10.1. The molecule has 0 saturated heterocycles. The Morgan fingerprint density at radius 3 is 2.44 bits per heavy atom. The summed E-state index contributed by atoms with van der Waals surface area (Å²) in [6, 6.07) is 3.57. The summed E-state index contributed by atoms with van der Waals surface area (Å²) in [6.07, 6.45) is 0. The van der Waals surface area contributed by atoms with Gasteiger partial charge in [-0.3, -0.25) is 0 Å². The molecule has 0 aliphatic rings. The van der Waals surface area contributed by atoms with Crippen LogP contribution in [-0.2, 0) is 0 Å². The van der Waals surface area contributed by atoms with Crippen LogP contribution in [0.15, 0.2) is 18.2 Å². The fraction of sp³-hybridized carbons (Fsp3) is 0.250. The van der Waals surface area contributed by atoms with E-state index < -0.39 is 9.85 Å². The Morgan fingerprint density at radius 1 is 1.25 bits per heavy atom. The van der Waals surface area contributed by atoms with Crippen LogP contribution in [0.5, 0.6) is 0 Å². The molecular formula is C8H8N2O5Se. The van der Waals surface area contributed by atoms with Crippen molar-refractivity contribution < 1.29 is 15.0 Å². The number of rotatable bonds is 5. The van der Waals surface area contributed by atoms with Gasteiger partial charge >= 0.3 is 96.1 Å². The standard InChI is InChI=1S/C8H8N2O5Se/c11-3-4-16-8-2-1-6(9(12)13)5-7(8)10(14)15/h1-2,5,11H,3-4H2. The van der Waals surface area contributed by atoms with Crippen molar-refractivity contribution in [2.45, 2.75) is 5.32 Å². The summed E-state index contributed by atoms with van der Waals surface area (Å²) < 4.78 is 0.456. The molecule has 0 aliphatic heterocycles. The molecule has 0 bridgehead atoms. The molecule has 1 aromatic rings. The summed E-state index contributed by atoms with van der Waals surface area (Å²) in [6.45, 7) is -0.0475. The molecular weight excluding hydrogens is 283 g/mol. The molecule has 1 aromatic carbocycles. The third-order valence-electron chi connectivity index (χ3n) is 1.70. The van der Waals surface area contributed by atoms with Gasteiger partial charge in [0.05, 0.1) is 0 Å². The molecule has 1 rings (SSSR count). The molecule has 0 unspecified atom stereocenters. The topological polar surface area (TPSA) is 107 Å². The van der Waals surface area contributed by atoms with Gasteiger partial charge < -0.3 is 0 Å². The average Bonchev–Trinajstić information content (AvgIpc) is 2.25. The number of hydrogen-bond acceptors (Lipinski definition) is 5. The number of hydrogen-bond donors (Lipinski definition) is 1. The molecule has 86 valence electrons. The van der Waals surface area contributed by atoms with E-state index in [-0.39, 0.29) is 32.9 Å². The van der Waals surface area contributed by atoms with Gasteiger partial charge in [0.25, 0.3) is 0 Å². The summed E-state index contributed by atoms with van der Waals surface area (Å²) in [5.41, 5.74) is -0.544. The van der Waals surface area contributed by atoms with E-state index in [2.05, 4.69) is 0 Å². The van der Waals surface area contributed by atoms with Gasteiger partial charge in [-0.2, -0.15) is 0 Å². The van der Waals surface area contributed by atoms with E-state index in [9.17, 15) is 20.2 Å². The zero-order valence-corrected chi connectivity index (χ0v) is 9.74. The molecule has 0 amide bonds. The van der Waals surface area contributed by atoms with Crippen LogP contribution in [-0.4, -0.2) is 36.5 Å². The molecule has 8 heteroatoms. The number of nitro groups is 2. The van der Waals surface area contributed by atoms with Gasteiger partial charge in [0.2, 0.25) is 0 Å². The second kappa shape index (κ2) is 5.55. The van der Waals surface area contributed by atoms with Crippen LogP contribution >= 0.6 is 0 Å². The first-order chi connectivity index (χ1) is 7.56. The minimum absolute atomic E-state index is 0.0475. The van der Waals surface area contributed by atoms with Crippen molar-refractivity contribution >= 4 is 30.8 Å². The van der Waals surface area contributed by atoms with E-state index >= 15 is 0 Å². The Hall–Kier alpha value is -1.50. The average molecular weight is 291 g/mol. The molecule has 0 spiro atoms. The van der Waals surface area contributed by atoms with Crippen LogP contribution in [0, 0.1) is 20.2 Å². The van der Waals surface area contributed by atoms with Gasteiger partial charge in [0.1, 0.15) is 0 Å². The molecule has 0 fully saturated rings. The Kier molecular flexibility index (Phi) is 4.36. The number of nitro benzene ring substituents is 2. The molecule has 7 nitrogen and oxygen atoms in total. The van der Waals surface area contributed by atoms with Crippen molar-refractivity contribution in [2.75, 3.05) is 6.61 Å². The van der Waals surface area contributed by atoms with Gasteiger partial charge in [-0.1, -0.05) is 0 Å². The molecule has 0 saturated carbocycles. The van der Waals surface area contributed by atoms with Crippen molar-refractivity contribution in [3.05, 3.63) is 38.4 Å². The van der Waals surface area contributed by atoms with Crippen LogP contribution in [0.2, 0.25) is 5.32 Å². The van der Waals surface area contributed by atoms with E-state index in [4.69, 9.17) is 5.11 Å². The predicted molar refractivity (Wildman–Crippen MR) is 57.0 cm³/mol. The Morgan fingerprint density at radius 2 is 1.94 bits per heavy atom. The summed E-state index contributed by atoms with van der Waals surface area (Å²) in [5, 5.41) is 30.2. The monoisotopic (exact) mass is 292 g/mol. The van der Waals surface area contributed by atoms with Crippen molar-refractivity contribution in [1.29, 1.82) is 0 Å². The van der Waals surface area contributed by atoms with Crippen molar-refractivity contribution in [1.82, 2.24) is 0 Å². The Bertz CT molecular complexity index is 423. The van der Waals surface area contributed by atoms with Gasteiger partial charge in [0.15, 0.2) is 0 Å². The van der Waals surface area contributed by atoms with Crippen molar-refractivity contribution in [2.24, 2.45) is 0 Å². The first kappa shape index (κ1) is 12.6. The SMILES string of the molecule is O=[N+]([O-])c1ccc([Se]CCO)c([N+](=O)[O-])c1. The second-order valence-corrected chi connectivity index (χ2v) is 5.12. The molecule has 0 heterocycles. The van der Waals surface area contributed by atoms with Gasteiger partial charge in [-0.15, -0.1) is 0 Å². The molecule has 16 heavy (non-hydrogen) atoms. The number of non-ortho nitro benzene ring substituents is 1. The zero-order chi connectivity index (χ0) is 12.1. The minimum atomic E-state index is -0.671. The van der Waals surface area contributed by atoms with Crippen LogP contribution < -0.4 is 4.46 Å². The van der Waals surface area contributed by atoms with Crippen molar-refractivity contribution in [3.8, 4) is 0 Å². The Balaban J connectivity index is 3.09. The molecule has 0 aliphatic carbocycles. The molecule has 0 atom stereocenters. The second-order valence-electron chi connectivity index (χ2n) is 2.74. The van der Waals surface area contributed by atoms with Crippen LogP contribution in [0.3, 0.4) is 0 Å². The van der Waals surface area contributed by atoms with E-state index in [0.29, 0.717) is 9.78 Å². The summed E-state index contributed by atoms with van der Waals surface area (Å²) in [4.78, 5) is 19.8. The van der Waals surface area contributed by atoms with Crippen LogP contribution in [0.4, 0.5) is 11.4 Å². The third kappa shape index (κ3) is 2.99.